The molecule has 0 heterocycles. The van der Waals surface area contributed by atoms with E-state index in [9.17, 15) is 22.0 Å². The molecule has 0 unspecified atom stereocenters. The summed E-state index contributed by atoms with van der Waals surface area (Å²) in [7, 11) is -3.67. The Kier molecular flexibility index (Phi) is 7.78. The van der Waals surface area contributed by atoms with Crippen molar-refractivity contribution in [3.8, 4) is 11.5 Å². The Morgan fingerprint density at radius 1 is 1.09 bits per heavy atom. The van der Waals surface area contributed by atoms with Gasteiger partial charge >= 0.3 is 5.97 Å². The van der Waals surface area contributed by atoms with E-state index in [2.05, 4.69) is 9.88 Å². The zero-order chi connectivity index (χ0) is 24.1. The molecule has 0 spiro atoms. The number of halogens is 2. The number of nitrogens with zero attached hydrogens (tertiary/aromatic N) is 1. The molecule has 0 aliphatic carbocycles. The molecule has 1 N–H and O–H groups in total. The number of nitrogens with one attached hydrogen (secondary N) is 1. The molecule has 32 heavy (non-hydrogen) atoms. The Morgan fingerprint density at radius 2 is 1.78 bits per heavy atom. The molecular weight excluding hydrogens is 446 g/mol. The van der Waals surface area contributed by atoms with E-state index < -0.39 is 39.8 Å². The number of esters is 1. The van der Waals surface area contributed by atoms with Gasteiger partial charge in [0.2, 0.25) is 16.6 Å². The monoisotopic (exact) mass is 470 g/mol. The SMILES string of the molecule is CC(=NOCC(=O)OC(C)(C)C)c1ccc(NS(C)(=O)=O)c(Oc2ccc(F)cc2F)c1. The minimum Gasteiger partial charge on any atom is -0.457 e. The molecule has 0 bridgehead atoms. The molecular formula is C21H24F2N2O6S. The lowest BCUT2D eigenvalue weighted by molar-refractivity contribution is -0.160. The van der Waals surface area contributed by atoms with Crippen LogP contribution in [0.1, 0.15) is 33.3 Å². The van der Waals surface area contributed by atoms with E-state index in [0.29, 0.717) is 17.3 Å². The summed E-state index contributed by atoms with van der Waals surface area (Å²) in [5.74, 6) is -2.72. The third-order valence-electron chi connectivity index (χ3n) is 3.61. The Balaban J connectivity index is 2.28. The number of ether oxygens (including phenoxy) is 2. The standard InChI is InChI=1S/C21H24F2N2O6S/c1-13(24-29-12-20(26)31-21(2,3)4)14-6-8-17(25-32(5,27)28)19(10-14)30-18-9-7-15(22)11-16(18)23/h6-11,25H,12H2,1-5H3. The van der Waals surface area contributed by atoms with Crippen LogP contribution < -0.4 is 9.46 Å². The van der Waals surface area contributed by atoms with Crippen molar-refractivity contribution in [2.75, 3.05) is 17.6 Å². The third-order valence-corrected chi connectivity index (χ3v) is 4.20. The number of hydrogen-bond acceptors (Lipinski definition) is 7. The minimum atomic E-state index is -3.67. The summed E-state index contributed by atoms with van der Waals surface area (Å²) in [5.41, 5.74) is 0.126. The van der Waals surface area contributed by atoms with Crippen LogP contribution in [0.4, 0.5) is 14.5 Å². The molecule has 0 radical (unpaired) electrons. The fourth-order valence-corrected chi connectivity index (χ4v) is 2.97. The summed E-state index contributed by atoms with van der Waals surface area (Å²) in [6.45, 7) is 6.33. The van der Waals surface area contributed by atoms with E-state index in [4.69, 9.17) is 14.3 Å². The lowest BCUT2D eigenvalue weighted by Crippen LogP contribution is -2.26. The van der Waals surface area contributed by atoms with Crippen LogP contribution in [0.5, 0.6) is 11.5 Å². The first-order valence-corrected chi connectivity index (χ1v) is 11.3. The van der Waals surface area contributed by atoms with E-state index in [1.54, 1.807) is 27.7 Å². The molecule has 0 aliphatic heterocycles. The molecule has 0 saturated carbocycles. The topological polar surface area (TPSA) is 103 Å². The third kappa shape index (κ3) is 8.14. The quantitative estimate of drug-likeness (QED) is 0.352. The highest BCUT2D eigenvalue weighted by Crippen LogP contribution is 2.33. The number of anilines is 1. The van der Waals surface area contributed by atoms with E-state index in [0.717, 1.165) is 18.4 Å². The van der Waals surface area contributed by atoms with Gasteiger partial charge in [-0.05, 0) is 52.0 Å². The number of rotatable bonds is 8. The first-order valence-electron chi connectivity index (χ1n) is 9.37. The largest absolute Gasteiger partial charge is 0.457 e. The number of carbonyl (C=O) groups excluding carboxylic acids is 1. The first-order chi connectivity index (χ1) is 14.7. The highest BCUT2D eigenvalue weighted by atomic mass is 32.2. The van der Waals surface area contributed by atoms with Crippen LogP contribution in [-0.2, 0) is 24.4 Å². The zero-order valence-electron chi connectivity index (χ0n) is 18.2. The number of carbonyl (C=O) groups is 1. The zero-order valence-corrected chi connectivity index (χ0v) is 19.0. The van der Waals surface area contributed by atoms with Gasteiger partial charge < -0.3 is 14.3 Å². The second kappa shape index (κ2) is 9.94. The molecule has 2 aromatic carbocycles. The van der Waals surface area contributed by atoms with Crippen LogP contribution in [0.25, 0.3) is 0 Å². The predicted molar refractivity (Wildman–Crippen MR) is 115 cm³/mol. The summed E-state index contributed by atoms with van der Waals surface area (Å²) in [6, 6.07) is 7.03. The summed E-state index contributed by atoms with van der Waals surface area (Å²) >= 11 is 0. The molecule has 0 aromatic heterocycles. The normalized spacial score (nSPS) is 12.3. The maximum Gasteiger partial charge on any atom is 0.347 e. The second-order valence-electron chi connectivity index (χ2n) is 7.80. The van der Waals surface area contributed by atoms with Crippen molar-refractivity contribution in [1.82, 2.24) is 0 Å². The van der Waals surface area contributed by atoms with Crippen LogP contribution in [0.2, 0.25) is 0 Å². The van der Waals surface area contributed by atoms with Crippen molar-refractivity contribution < 1.29 is 36.3 Å². The van der Waals surface area contributed by atoms with E-state index >= 15 is 0 Å². The summed E-state index contributed by atoms with van der Waals surface area (Å²) in [5, 5.41) is 3.84. The molecule has 0 amide bonds. The van der Waals surface area contributed by atoms with Crippen LogP contribution >= 0.6 is 0 Å². The van der Waals surface area contributed by atoms with Crippen molar-refractivity contribution in [3.63, 3.8) is 0 Å². The Morgan fingerprint density at radius 3 is 2.38 bits per heavy atom. The highest BCUT2D eigenvalue weighted by Gasteiger charge is 2.17. The lowest BCUT2D eigenvalue weighted by atomic mass is 10.1. The summed E-state index contributed by atoms with van der Waals surface area (Å²) < 4.78 is 63.4. The van der Waals surface area contributed by atoms with Crippen molar-refractivity contribution in [3.05, 3.63) is 53.6 Å². The Hall–Kier alpha value is -3.21. The molecule has 0 saturated heterocycles. The Labute approximate surface area is 185 Å². The van der Waals surface area contributed by atoms with Gasteiger partial charge in [0, 0.05) is 11.6 Å². The maximum absolute atomic E-state index is 14.0. The first kappa shape index (κ1) is 25.1. The van der Waals surface area contributed by atoms with Crippen molar-refractivity contribution >= 4 is 27.4 Å². The molecule has 0 aliphatic rings. The lowest BCUT2D eigenvalue weighted by Gasteiger charge is -2.18. The Bertz CT molecular complexity index is 1130. The van der Waals surface area contributed by atoms with Crippen molar-refractivity contribution in [1.29, 1.82) is 0 Å². The van der Waals surface area contributed by atoms with Gasteiger partial charge in [-0.25, -0.2) is 22.0 Å². The number of sulfonamides is 1. The number of hydrogen-bond donors (Lipinski definition) is 1. The van der Waals surface area contributed by atoms with Crippen LogP contribution in [0, 0.1) is 11.6 Å². The van der Waals surface area contributed by atoms with Gasteiger partial charge in [-0.15, -0.1) is 0 Å². The summed E-state index contributed by atoms with van der Waals surface area (Å²) in [6.07, 6.45) is 0.945. The number of oxime groups is 1. The highest BCUT2D eigenvalue weighted by molar-refractivity contribution is 7.92. The van der Waals surface area contributed by atoms with Gasteiger partial charge in [-0.2, -0.15) is 0 Å². The molecule has 2 aromatic rings. The minimum absolute atomic E-state index is 0.0300. The number of benzene rings is 2. The van der Waals surface area contributed by atoms with Gasteiger partial charge in [-0.1, -0.05) is 11.2 Å². The van der Waals surface area contributed by atoms with Crippen molar-refractivity contribution in [2.24, 2.45) is 5.16 Å². The van der Waals surface area contributed by atoms with Crippen LogP contribution in [0.3, 0.4) is 0 Å². The molecule has 8 nitrogen and oxygen atoms in total. The molecule has 11 heteroatoms. The van der Waals surface area contributed by atoms with Crippen molar-refractivity contribution in [2.45, 2.75) is 33.3 Å². The van der Waals surface area contributed by atoms with E-state index in [1.165, 1.54) is 18.2 Å². The molecule has 2 rings (SSSR count). The maximum atomic E-state index is 14.0. The van der Waals surface area contributed by atoms with Crippen LogP contribution in [0.15, 0.2) is 41.6 Å². The molecule has 0 fully saturated rings. The predicted octanol–water partition coefficient (Wildman–Crippen LogP) is 4.21. The van der Waals surface area contributed by atoms with E-state index in [1.807, 2.05) is 0 Å². The van der Waals surface area contributed by atoms with Gasteiger partial charge in [0.15, 0.2) is 17.3 Å². The van der Waals surface area contributed by atoms with E-state index in [-0.39, 0.29) is 17.2 Å². The smallest absolute Gasteiger partial charge is 0.347 e. The summed E-state index contributed by atoms with van der Waals surface area (Å²) in [4.78, 5) is 16.7. The average molecular weight is 470 g/mol. The average Bonchev–Trinajstić information content (AvgIpc) is 2.62. The van der Waals surface area contributed by atoms with Gasteiger partial charge in [-0.3, -0.25) is 4.72 Å². The van der Waals surface area contributed by atoms with Gasteiger partial charge in [0.05, 0.1) is 17.7 Å². The fourth-order valence-electron chi connectivity index (χ4n) is 2.40. The second-order valence-corrected chi connectivity index (χ2v) is 9.55. The van der Waals surface area contributed by atoms with Crippen LogP contribution in [-0.4, -0.2) is 38.6 Å². The molecule has 0 atom stereocenters. The fraction of sp³-hybridized carbons (Fsp3) is 0.333. The van der Waals surface area contributed by atoms with Gasteiger partial charge in [0.25, 0.3) is 0 Å². The molecule has 174 valence electrons. The van der Waals surface area contributed by atoms with Gasteiger partial charge in [0.1, 0.15) is 11.4 Å².